The van der Waals surface area contributed by atoms with E-state index in [1.807, 2.05) is 30.3 Å². The highest BCUT2D eigenvalue weighted by Crippen LogP contribution is 2.56. The summed E-state index contributed by atoms with van der Waals surface area (Å²) in [5, 5.41) is 9.55. The number of hydrogen-bond donors (Lipinski definition) is 1. The van der Waals surface area contributed by atoms with Crippen LogP contribution < -0.4 is 9.47 Å². The first-order chi connectivity index (χ1) is 17.5. The molecule has 0 saturated heterocycles. The van der Waals surface area contributed by atoms with Gasteiger partial charge in [0.05, 0.1) is 19.3 Å². The van der Waals surface area contributed by atoms with Crippen molar-refractivity contribution in [3.05, 3.63) is 93.9 Å². The van der Waals surface area contributed by atoms with Crippen molar-refractivity contribution in [2.75, 3.05) is 13.7 Å². The number of ether oxygens (including phenoxy) is 3. The molecule has 0 amide bonds. The summed E-state index contributed by atoms with van der Waals surface area (Å²) < 4.78 is 17.0. The zero-order chi connectivity index (χ0) is 25.2. The van der Waals surface area contributed by atoms with Gasteiger partial charge in [-0.05, 0) is 36.8 Å². The number of hydrogen-bond acceptors (Lipinski definition) is 7. The number of rotatable bonds is 8. The van der Waals surface area contributed by atoms with Crippen LogP contribution in [-0.2, 0) is 16.1 Å². The second-order valence-electron chi connectivity index (χ2n) is 8.09. The number of aliphatic imine (C=N–C) groups is 1. The molecule has 182 valence electrons. The van der Waals surface area contributed by atoms with Crippen LogP contribution in [0.15, 0.2) is 81.5 Å². The van der Waals surface area contributed by atoms with Gasteiger partial charge >= 0.3 is 11.9 Å². The minimum atomic E-state index is -1.03. The van der Waals surface area contributed by atoms with E-state index in [9.17, 15) is 14.7 Å². The fourth-order valence-electron chi connectivity index (χ4n) is 4.32. The van der Waals surface area contributed by atoms with Crippen LogP contribution in [0.3, 0.4) is 0 Å². The Labute approximate surface area is 212 Å². The third-order valence-corrected chi connectivity index (χ3v) is 7.22. The summed E-state index contributed by atoms with van der Waals surface area (Å²) in [6.45, 7) is 2.01. The quantitative estimate of drug-likeness (QED) is 0.405. The van der Waals surface area contributed by atoms with Gasteiger partial charge in [0.1, 0.15) is 24.1 Å². The number of benzene rings is 3. The number of nitrogens with zero attached hydrogens (tertiary/aromatic N) is 1. The van der Waals surface area contributed by atoms with Crippen molar-refractivity contribution in [3.8, 4) is 11.5 Å². The number of aromatic carboxylic acids is 1. The zero-order valence-electron chi connectivity index (χ0n) is 19.7. The van der Waals surface area contributed by atoms with Crippen LogP contribution in [-0.4, -0.2) is 36.5 Å². The number of carbonyl (C=O) groups excluding carboxylic acids is 1. The minimum absolute atomic E-state index is 0.0218. The Morgan fingerprint density at radius 3 is 2.61 bits per heavy atom. The Bertz CT molecular complexity index is 1430. The first-order valence-corrected chi connectivity index (χ1v) is 12.2. The highest BCUT2D eigenvalue weighted by atomic mass is 32.2. The van der Waals surface area contributed by atoms with Gasteiger partial charge in [-0.25, -0.2) is 9.59 Å². The van der Waals surface area contributed by atoms with Gasteiger partial charge in [-0.1, -0.05) is 48.2 Å². The van der Waals surface area contributed by atoms with Crippen molar-refractivity contribution >= 4 is 35.0 Å². The second-order valence-corrected chi connectivity index (χ2v) is 9.18. The molecule has 0 fully saturated rings. The van der Waals surface area contributed by atoms with E-state index < -0.39 is 11.9 Å². The molecule has 2 aliphatic rings. The molecule has 36 heavy (non-hydrogen) atoms. The summed E-state index contributed by atoms with van der Waals surface area (Å²) >= 11 is 1.58. The van der Waals surface area contributed by atoms with E-state index in [1.54, 1.807) is 56.1 Å². The lowest BCUT2D eigenvalue weighted by Crippen LogP contribution is -2.18. The van der Waals surface area contributed by atoms with Gasteiger partial charge in [0.2, 0.25) is 0 Å². The van der Waals surface area contributed by atoms with Gasteiger partial charge in [0.25, 0.3) is 0 Å². The lowest BCUT2D eigenvalue weighted by atomic mass is 9.98. The number of carboxylic acid groups (broad SMARTS) is 1. The van der Waals surface area contributed by atoms with Crippen molar-refractivity contribution in [3.63, 3.8) is 0 Å². The van der Waals surface area contributed by atoms with E-state index >= 15 is 0 Å². The SMILES string of the molecule is CCOC(=O)C1=NC2C(=C1c1ccc(OC)cc1OCc1ccccc1C(=O)O)Sc1ccccc12. The second kappa shape index (κ2) is 9.91. The number of fused-ring (bicyclic) bond motifs is 3. The van der Waals surface area contributed by atoms with Crippen molar-refractivity contribution in [1.29, 1.82) is 0 Å². The van der Waals surface area contributed by atoms with E-state index in [-0.39, 0.29) is 30.5 Å². The van der Waals surface area contributed by atoms with E-state index in [4.69, 9.17) is 19.2 Å². The number of carbonyl (C=O) groups is 2. The normalized spacial score (nSPS) is 15.7. The van der Waals surface area contributed by atoms with Crippen LogP contribution in [0.4, 0.5) is 0 Å². The molecule has 0 saturated carbocycles. The Morgan fingerprint density at radius 2 is 1.83 bits per heavy atom. The van der Waals surface area contributed by atoms with E-state index in [0.717, 1.165) is 15.4 Å². The standard InChI is InChI=1S/C28H23NO6S/c1-3-34-28(32)25-23(26-24(29-25)20-10-6-7-11-22(20)36-26)19-13-12-17(33-2)14-21(19)35-15-16-8-4-5-9-18(16)27(30)31/h4-14,24H,3,15H2,1-2H3,(H,30,31). The molecule has 8 heteroatoms. The van der Waals surface area contributed by atoms with Crippen molar-refractivity contribution in [1.82, 2.24) is 0 Å². The van der Waals surface area contributed by atoms with Gasteiger partial charge in [-0.2, -0.15) is 0 Å². The molecule has 5 rings (SSSR count). The van der Waals surface area contributed by atoms with Crippen LogP contribution in [0.5, 0.6) is 11.5 Å². The van der Waals surface area contributed by atoms with Crippen LogP contribution in [0.25, 0.3) is 5.57 Å². The summed E-state index contributed by atoms with van der Waals surface area (Å²) in [5.41, 5.74) is 3.31. The molecule has 0 spiro atoms. The lowest BCUT2D eigenvalue weighted by Gasteiger charge is -2.16. The predicted octanol–water partition coefficient (Wildman–Crippen LogP) is 5.55. The molecule has 0 bridgehead atoms. The van der Waals surface area contributed by atoms with Crippen molar-refractivity contribution in [2.24, 2.45) is 4.99 Å². The van der Waals surface area contributed by atoms with Gasteiger partial charge in [0, 0.05) is 32.6 Å². The average Bonchev–Trinajstić information content (AvgIpc) is 3.44. The third-order valence-electron chi connectivity index (χ3n) is 5.98. The fraction of sp³-hybridized carbons (Fsp3) is 0.179. The third kappa shape index (κ3) is 4.24. The van der Waals surface area contributed by atoms with E-state index in [0.29, 0.717) is 28.2 Å². The largest absolute Gasteiger partial charge is 0.497 e. The molecular formula is C28H23NO6S. The molecule has 0 radical (unpaired) electrons. The lowest BCUT2D eigenvalue weighted by molar-refractivity contribution is -0.134. The monoisotopic (exact) mass is 501 g/mol. The van der Waals surface area contributed by atoms with Crippen LogP contribution in [0, 0.1) is 0 Å². The minimum Gasteiger partial charge on any atom is -0.497 e. The first kappa shape index (κ1) is 23.7. The molecule has 1 atom stereocenters. The number of thioether (sulfide) groups is 1. The van der Waals surface area contributed by atoms with Crippen LogP contribution >= 0.6 is 11.8 Å². The maximum absolute atomic E-state index is 13.0. The van der Waals surface area contributed by atoms with Crippen LogP contribution in [0.1, 0.15) is 40.0 Å². The first-order valence-electron chi connectivity index (χ1n) is 11.4. The summed E-state index contributed by atoms with van der Waals surface area (Å²) in [6.07, 6.45) is 0. The Balaban J connectivity index is 1.60. The smallest absolute Gasteiger partial charge is 0.357 e. The van der Waals surface area contributed by atoms with Gasteiger partial charge in [-0.3, -0.25) is 4.99 Å². The summed E-state index contributed by atoms with van der Waals surface area (Å²) in [7, 11) is 1.56. The maximum Gasteiger partial charge on any atom is 0.357 e. The molecule has 2 aliphatic heterocycles. The summed E-state index contributed by atoms with van der Waals surface area (Å²) in [5.74, 6) is -0.505. The Kier molecular flexibility index (Phi) is 6.52. The molecule has 7 nitrogen and oxygen atoms in total. The zero-order valence-corrected chi connectivity index (χ0v) is 20.5. The topological polar surface area (TPSA) is 94.4 Å². The number of carboxylic acids is 1. The van der Waals surface area contributed by atoms with Gasteiger partial charge in [-0.15, -0.1) is 0 Å². The summed E-state index contributed by atoms with van der Waals surface area (Å²) in [4.78, 5) is 31.5. The maximum atomic E-state index is 13.0. The molecule has 0 aliphatic carbocycles. The molecule has 2 heterocycles. The number of methoxy groups -OCH3 is 1. The fourth-order valence-corrected chi connectivity index (χ4v) is 5.60. The van der Waals surface area contributed by atoms with Crippen LogP contribution in [0.2, 0.25) is 0 Å². The Morgan fingerprint density at radius 1 is 1.06 bits per heavy atom. The van der Waals surface area contributed by atoms with Gasteiger partial charge in [0.15, 0.2) is 5.71 Å². The van der Waals surface area contributed by atoms with Crippen molar-refractivity contribution < 1.29 is 28.9 Å². The van der Waals surface area contributed by atoms with Gasteiger partial charge < -0.3 is 19.3 Å². The molecule has 1 unspecified atom stereocenters. The summed E-state index contributed by atoms with van der Waals surface area (Å²) in [6, 6.07) is 19.8. The highest BCUT2D eigenvalue weighted by molar-refractivity contribution is 8.03. The molecule has 3 aromatic rings. The molecule has 3 aromatic carbocycles. The van der Waals surface area contributed by atoms with Crippen molar-refractivity contribution in [2.45, 2.75) is 24.5 Å². The molecule has 0 aromatic heterocycles. The van der Waals surface area contributed by atoms with E-state index in [1.165, 1.54) is 6.07 Å². The molecular weight excluding hydrogens is 478 g/mol. The highest BCUT2D eigenvalue weighted by Gasteiger charge is 2.40. The molecule has 1 N–H and O–H groups in total. The van der Waals surface area contributed by atoms with E-state index in [2.05, 4.69) is 0 Å². The number of esters is 1. The average molecular weight is 502 g/mol. The predicted molar refractivity (Wildman–Crippen MR) is 137 cm³/mol. The Hall–Kier alpha value is -4.04.